The average molecular weight is 360 g/mol. The first-order chi connectivity index (χ1) is 13.2. The Bertz CT molecular complexity index is 899. The molecule has 0 saturated carbocycles. The minimum absolute atomic E-state index is 0.395. The van der Waals surface area contributed by atoms with Crippen LogP contribution < -0.4 is 9.47 Å². The minimum Gasteiger partial charge on any atom is -0.490 e. The number of carboxylic acids is 1. The summed E-state index contributed by atoms with van der Waals surface area (Å²) >= 11 is 0. The van der Waals surface area contributed by atoms with Crippen molar-refractivity contribution < 1.29 is 19.4 Å². The maximum Gasteiger partial charge on any atom is 0.328 e. The summed E-state index contributed by atoms with van der Waals surface area (Å²) in [6.45, 7) is 0.812. The SMILES string of the molecule is O=C(O)C=Cc1cccc(OCCOc2ccc(-c3ccccc3)cc2)c1. The average Bonchev–Trinajstić information content (AvgIpc) is 2.71. The summed E-state index contributed by atoms with van der Waals surface area (Å²) in [6, 6.07) is 25.4. The summed E-state index contributed by atoms with van der Waals surface area (Å²) in [7, 11) is 0. The molecule has 0 heterocycles. The van der Waals surface area contributed by atoms with E-state index in [1.54, 1.807) is 6.07 Å². The molecular formula is C23H20O4. The fraction of sp³-hybridized carbons (Fsp3) is 0.0870. The molecule has 0 unspecified atom stereocenters. The van der Waals surface area contributed by atoms with E-state index in [9.17, 15) is 4.79 Å². The van der Waals surface area contributed by atoms with Gasteiger partial charge in [0, 0.05) is 6.08 Å². The number of aliphatic carboxylic acids is 1. The van der Waals surface area contributed by atoms with Crippen LogP contribution in [-0.4, -0.2) is 24.3 Å². The second-order valence-corrected chi connectivity index (χ2v) is 5.83. The third-order valence-corrected chi connectivity index (χ3v) is 3.86. The second-order valence-electron chi connectivity index (χ2n) is 5.83. The van der Waals surface area contributed by atoms with Crippen molar-refractivity contribution in [3.8, 4) is 22.6 Å². The van der Waals surface area contributed by atoms with Crippen LogP contribution in [0.1, 0.15) is 5.56 Å². The molecule has 0 aliphatic carbocycles. The molecule has 0 atom stereocenters. The van der Waals surface area contributed by atoms with Gasteiger partial charge in [-0.2, -0.15) is 0 Å². The zero-order chi connectivity index (χ0) is 18.9. The topological polar surface area (TPSA) is 55.8 Å². The van der Waals surface area contributed by atoms with Crippen molar-refractivity contribution in [2.75, 3.05) is 13.2 Å². The van der Waals surface area contributed by atoms with Crippen LogP contribution in [0.3, 0.4) is 0 Å². The maximum absolute atomic E-state index is 10.6. The van der Waals surface area contributed by atoms with Crippen LogP contribution in [0.2, 0.25) is 0 Å². The van der Waals surface area contributed by atoms with Gasteiger partial charge in [-0.3, -0.25) is 0 Å². The van der Waals surface area contributed by atoms with Gasteiger partial charge in [0.2, 0.25) is 0 Å². The van der Waals surface area contributed by atoms with E-state index in [0.29, 0.717) is 19.0 Å². The van der Waals surface area contributed by atoms with E-state index in [-0.39, 0.29) is 0 Å². The van der Waals surface area contributed by atoms with Crippen LogP contribution in [0, 0.1) is 0 Å². The highest BCUT2D eigenvalue weighted by molar-refractivity contribution is 5.85. The van der Waals surface area contributed by atoms with Crippen molar-refractivity contribution in [1.29, 1.82) is 0 Å². The molecule has 0 aliphatic rings. The van der Waals surface area contributed by atoms with Crippen molar-refractivity contribution in [2.24, 2.45) is 0 Å². The number of carboxylic acid groups (broad SMARTS) is 1. The van der Waals surface area contributed by atoms with E-state index in [4.69, 9.17) is 14.6 Å². The van der Waals surface area contributed by atoms with Crippen molar-refractivity contribution in [3.63, 3.8) is 0 Å². The molecular weight excluding hydrogens is 340 g/mol. The number of carbonyl (C=O) groups is 1. The Balaban J connectivity index is 1.48. The molecule has 0 fully saturated rings. The van der Waals surface area contributed by atoms with Crippen molar-refractivity contribution >= 4 is 12.0 Å². The van der Waals surface area contributed by atoms with E-state index < -0.39 is 5.97 Å². The van der Waals surface area contributed by atoms with Gasteiger partial charge in [-0.1, -0.05) is 54.6 Å². The highest BCUT2D eigenvalue weighted by Crippen LogP contribution is 2.22. The summed E-state index contributed by atoms with van der Waals surface area (Å²) < 4.78 is 11.4. The van der Waals surface area contributed by atoms with Gasteiger partial charge in [0.1, 0.15) is 24.7 Å². The molecule has 3 rings (SSSR count). The second kappa shape index (κ2) is 9.25. The zero-order valence-electron chi connectivity index (χ0n) is 14.7. The zero-order valence-corrected chi connectivity index (χ0v) is 14.7. The van der Waals surface area contributed by atoms with Crippen LogP contribution in [0.4, 0.5) is 0 Å². The van der Waals surface area contributed by atoms with Gasteiger partial charge in [-0.05, 0) is 47.0 Å². The Morgan fingerprint density at radius 1 is 0.778 bits per heavy atom. The molecule has 4 nitrogen and oxygen atoms in total. The molecule has 0 radical (unpaired) electrons. The van der Waals surface area contributed by atoms with Crippen molar-refractivity contribution in [1.82, 2.24) is 0 Å². The fourth-order valence-electron chi connectivity index (χ4n) is 2.57. The van der Waals surface area contributed by atoms with Crippen LogP contribution in [0.25, 0.3) is 17.2 Å². The molecule has 0 aromatic heterocycles. The Morgan fingerprint density at radius 3 is 2.15 bits per heavy atom. The lowest BCUT2D eigenvalue weighted by atomic mass is 10.1. The van der Waals surface area contributed by atoms with E-state index in [0.717, 1.165) is 23.0 Å². The highest BCUT2D eigenvalue weighted by Gasteiger charge is 2.00. The van der Waals surface area contributed by atoms with Gasteiger partial charge in [-0.25, -0.2) is 4.79 Å². The van der Waals surface area contributed by atoms with Crippen LogP contribution in [0.15, 0.2) is 84.9 Å². The molecule has 0 bridgehead atoms. The number of rotatable bonds is 8. The van der Waals surface area contributed by atoms with Crippen molar-refractivity contribution in [2.45, 2.75) is 0 Å². The van der Waals surface area contributed by atoms with Gasteiger partial charge in [0.25, 0.3) is 0 Å². The summed E-state index contributed by atoms with van der Waals surface area (Å²) in [5, 5.41) is 8.67. The van der Waals surface area contributed by atoms with Gasteiger partial charge >= 0.3 is 5.97 Å². The summed E-state index contributed by atoms with van der Waals surface area (Å²) in [5.74, 6) is 0.481. The van der Waals surface area contributed by atoms with E-state index in [1.807, 2.05) is 60.7 Å². The molecule has 0 saturated heterocycles. The molecule has 1 N–H and O–H groups in total. The molecule has 0 spiro atoms. The predicted octanol–water partition coefficient (Wildman–Crippen LogP) is 4.91. The minimum atomic E-state index is -0.979. The first-order valence-electron chi connectivity index (χ1n) is 8.63. The Labute approximate surface area is 158 Å². The lowest BCUT2D eigenvalue weighted by Crippen LogP contribution is -2.08. The lowest BCUT2D eigenvalue weighted by molar-refractivity contribution is -0.131. The van der Waals surface area contributed by atoms with Crippen LogP contribution in [0.5, 0.6) is 11.5 Å². The van der Waals surface area contributed by atoms with E-state index in [2.05, 4.69) is 12.1 Å². The molecule has 3 aromatic rings. The van der Waals surface area contributed by atoms with Gasteiger partial charge in [-0.15, -0.1) is 0 Å². The predicted molar refractivity (Wildman–Crippen MR) is 106 cm³/mol. The molecule has 136 valence electrons. The fourth-order valence-corrected chi connectivity index (χ4v) is 2.57. The highest BCUT2D eigenvalue weighted by atomic mass is 16.5. The molecule has 0 aliphatic heterocycles. The Morgan fingerprint density at radius 2 is 1.44 bits per heavy atom. The van der Waals surface area contributed by atoms with E-state index in [1.165, 1.54) is 11.6 Å². The quantitative estimate of drug-likeness (QED) is 0.458. The smallest absolute Gasteiger partial charge is 0.328 e. The third kappa shape index (κ3) is 5.75. The maximum atomic E-state index is 10.6. The third-order valence-electron chi connectivity index (χ3n) is 3.86. The van der Waals surface area contributed by atoms with Gasteiger partial charge in [0.15, 0.2) is 0 Å². The normalized spacial score (nSPS) is 10.7. The molecule has 0 amide bonds. The van der Waals surface area contributed by atoms with Gasteiger partial charge < -0.3 is 14.6 Å². The Hall–Kier alpha value is -3.53. The monoisotopic (exact) mass is 360 g/mol. The van der Waals surface area contributed by atoms with E-state index >= 15 is 0 Å². The van der Waals surface area contributed by atoms with Crippen LogP contribution >= 0.6 is 0 Å². The number of ether oxygens (including phenoxy) is 2. The van der Waals surface area contributed by atoms with Gasteiger partial charge in [0.05, 0.1) is 0 Å². The summed E-state index contributed by atoms with van der Waals surface area (Å²) in [5.41, 5.74) is 3.09. The largest absolute Gasteiger partial charge is 0.490 e. The summed E-state index contributed by atoms with van der Waals surface area (Å²) in [6.07, 6.45) is 2.63. The summed E-state index contributed by atoms with van der Waals surface area (Å²) in [4.78, 5) is 10.6. The van der Waals surface area contributed by atoms with Crippen molar-refractivity contribution in [3.05, 3.63) is 90.5 Å². The molecule has 4 heteroatoms. The number of hydrogen-bond acceptors (Lipinski definition) is 3. The molecule has 3 aromatic carbocycles. The first-order valence-corrected chi connectivity index (χ1v) is 8.63. The van der Waals surface area contributed by atoms with Crippen LogP contribution in [-0.2, 0) is 4.79 Å². The standard InChI is InChI=1S/C23H20O4/c24-23(25)14-9-18-5-4-8-22(17-18)27-16-15-26-21-12-10-20(11-13-21)19-6-2-1-3-7-19/h1-14,17H,15-16H2,(H,24,25). The Kier molecular flexibility index (Phi) is 6.26. The number of hydrogen-bond donors (Lipinski definition) is 1. The number of benzene rings is 3. The lowest BCUT2D eigenvalue weighted by Gasteiger charge is -2.09. The molecule has 27 heavy (non-hydrogen) atoms. The first kappa shape index (κ1) is 18.3.